The Bertz CT molecular complexity index is 950. The fraction of sp³-hybridized carbons (Fsp3) is 0.263. The summed E-state index contributed by atoms with van der Waals surface area (Å²) in [6.07, 6.45) is 2.45. The number of rotatable bonds is 3. The number of benzene rings is 1. The summed E-state index contributed by atoms with van der Waals surface area (Å²) >= 11 is 3.07. The molecule has 3 aromatic rings. The highest BCUT2D eigenvalue weighted by molar-refractivity contribution is 7.39. The van der Waals surface area contributed by atoms with Crippen LogP contribution in [0.5, 0.6) is 0 Å². The average Bonchev–Trinajstić information content (AvgIpc) is 3.35. The second-order valence-corrected chi connectivity index (χ2v) is 8.34. The van der Waals surface area contributed by atoms with Gasteiger partial charge in [0.1, 0.15) is 10.7 Å². The average molecular weight is 370 g/mol. The van der Waals surface area contributed by atoms with Gasteiger partial charge in [0.15, 0.2) is 0 Å². The molecule has 128 valence electrons. The smallest absolute Gasteiger partial charge is 0.205 e. The van der Waals surface area contributed by atoms with Crippen molar-refractivity contribution in [2.75, 3.05) is 18.8 Å². The summed E-state index contributed by atoms with van der Waals surface area (Å²) in [6, 6.07) is 9.29. The van der Waals surface area contributed by atoms with Crippen molar-refractivity contribution in [1.29, 1.82) is 0 Å². The predicted octanol–water partition coefficient (Wildman–Crippen LogP) is 4.92. The minimum Gasteiger partial charge on any atom is -0.397 e. The molecule has 0 atom stereocenters. The maximum atomic E-state index is 12.8. The molecule has 0 spiro atoms. The van der Waals surface area contributed by atoms with Gasteiger partial charge in [-0.3, -0.25) is 4.79 Å². The van der Waals surface area contributed by atoms with Crippen molar-refractivity contribution in [1.82, 2.24) is 4.90 Å². The van der Waals surface area contributed by atoms with E-state index >= 15 is 0 Å². The van der Waals surface area contributed by atoms with E-state index in [2.05, 4.69) is 4.90 Å². The Morgan fingerprint density at radius 1 is 1.20 bits per heavy atom. The Morgan fingerprint density at radius 2 is 1.92 bits per heavy atom. The highest BCUT2D eigenvalue weighted by atomic mass is 32.2. The molecule has 1 fully saturated rings. The summed E-state index contributed by atoms with van der Waals surface area (Å²) < 4.78 is 1.06. The number of likely N-dealkylation sites (tertiary alicyclic amines) is 1. The Morgan fingerprint density at radius 3 is 2.64 bits per heavy atom. The molecule has 0 aliphatic carbocycles. The van der Waals surface area contributed by atoms with Gasteiger partial charge in [-0.25, -0.2) is 4.99 Å². The Kier molecular flexibility index (Phi) is 4.31. The molecule has 0 bridgehead atoms. The Labute approximate surface area is 154 Å². The van der Waals surface area contributed by atoms with Crippen molar-refractivity contribution in [3.8, 4) is 0 Å². The number of nitrogens with zero attached hydrogens (tertiary/aromatic N) is 2. The zero-order valence-corrected chi connectivity index (χ0v) is 15.6. The maximum Gasteiger partial charge on any atom is 0.205 e. The van der Waals surface area contributed by atoms with Crippen LogP contribution in [0.4, 0.5) is 11.4 Å². The second kappa shape index (κ2) is 6.61. The third-order valence-corrected chi connectivity index (χ3v) is 6.83. The standard InChI is InChI=1S/C19H19N3OS2/c1-12(22-9-5-6-10-22)21-14-11-24-19-15(14)16(20)18(25-19)17(23)13-7-3-2-4-8-13/h2-4,7-8,11H,5-6,9-10,20H2,1H3. The lowest BCUT2D eigenvalue weighted by molar-refractivity contribution is 0.104. The molecule has 4 rings (SSSR count). The molecule has 2 N–H and O–H groups in total. The highest BCUT2D eigenvalue weighted by Gasteiger charge is 2.21. The van der Waals surface area contributed by atoms with Crippen molar-refractivity contribution in [2.45, 2.75) is 19.8 Å². The number of hydrogen-bond acceptors (Lipinski definition) is 5. The molecule has 6 heteroatoms. The van der Waals surface area contributed by atoms with Crippen LogP contribution in [-0.2, 0) is 0 Å². The van der Waals surface area contributed by atoms with Gasteiger partial charge in [0.05, 0.1) is 20.8 Å². The zero-order chi connectivity index (χ0) is 17.4. The minimum atomic E-state index is -0.0160. The van der Waals surface area contributed by atoms with Gasteiger partial charge >= 0.3 is 0 Å². The molecule has 4 nitrogen and oxygen atoms in total. The third kappa shape index (κ3) is 2.96. The van der Waals surface area contributed by atoms with Crippen molar-refractivity contribution in [3.63, 3.8) is 0 Å². The maximum absolute atomic E-state index is 12.8. The first kappa shape index (κ1) is 16.3. The van der Waals surface area contributed by atoms with E-state index in [1.807, 2.05) is 42.6 Å². The van der Waals surface area contributed by atoms with Crippen LogP contribution in [0.2, 0.25) is 0 Å². The number of nitrogens with two attached hydrogens (primary N) is 1. The number of carbonyl (C=O) groups is 1. The fourth-order valence-electron chi connectivity index (χ4n) is 3.17. The number of anilines is 1. The first-order chi connectivity index (χ1) is 12.1. The summed E-state index contributed by atoms with van der Waals surface area (Å²) in [5, 5.41) is 2.96. The van der Waals surface area contributed by atoms with Gasteiger partial charge in [-0.15, -0.1) is 22.7 Å². The van der Waals surface area contributed by atoms with Crippen LogP contribution in [0.25, 0.3) is 9.40 Å². The number of thiophene rings is 2. The van der Waals surface area contributed by atoms with Crippen LogP contribution >= 0.6 is 22.7 Å². The number of nitrogen functional groups attached to an aromatic ring is 1. The van der Waals surface area contributed by atoms with Gasteiger partial charge in [0, 0.05) is 24.0 Å². The van der Waals surface area contributed by atoms with E-state index in [0.29, 0.717) is 16.1 Å². The molecule has 2 aromatic heterocycles. The number of fused-ring (bicyclic) bond motifs is 1. The van der Waals surface area contributed by atoms with Crippen molar-refractivity contribution < 1.29 is 4.79 Å². The van der Waals surface area contributed by atoms with Gasteiger partial charge in [0.25, 0.3) is 0 Å². The van der Waals surface area contributed by atoms with E-state index < -0.39 is 0 Å². The summed E-state index contributed by atoms with van der Waals surface area (Å²) in [5.41, 5.74) is 8.47. The van der Waals surface area contributed by atoms with Gasteiger partial charge in [0.2, 0.25) is 5.78 Å². The normalized spacial score (nSPS) is 15.2. The van der Waals surface area contributed by atoms with Crippen LogP contribution in [-0.4, -0.2) is 29.6 Å². The first-order valence-electron chi connectivity index (χ1n) is 8.34. The number of hydrogen-bond donors (Lipinski definition) is 1. The number of ketones is 1. The molecular formula is C19H19N3OS2. The van der Waals surface area contributed by atoms with E-state index in [-0.39, 0.29) is 5.78 Å². The van der Waals surface area contributed by atoms with Gasteiger partial charge in [-0.2, -0.15) is 0 Å². The van der Waals surface area contributed by atoms with Crippen LogP contribution in [0.3, 0.4) is 0 Å². The molecule has 3 heterocycles. The van der Waals surface area contributed by atoms with Gasteiger partial charge < -0.3 is 10.6 Å². The molecular weight excluding hydrogens is 350 g/mol. The van der Waals surface area contributed by atoms with Crippen molar-refractivity contribution in [3.05, 3.63) is 46.2 Å². The minimum absolute atomic E-state index is 0.0160. The fourth-order valence-corrected chi connectivity index (χ4v) is 5.41. The van der Waals surface area contributed by atoms with E-state index in [1.165, 1.54) is 24.2 Å². The molecule has 1 aromatic carbocycles. The third-order valence-electron chi connectivity index (χ3n) is 4.53. The molecule has 25 heavy (non-hydrogen) atoms. The SMILES string of the molecule is CC(=Nc1csc2sc(C(=O)c3ccccc3)c(N)c12)N1CCCC1. The lowest BCUT2D eigenvalue weighted by atomic mass is 10.1. The molecule has 0 amide bonds. The lowest BCUT2D eigenvalue weighted by Crippen LogP contribution is -2.24. The van der Waals surface area contributed by atoms with Gasteiger partial charge in [-0.1, -0.05) is 30.3 Å². The highest BCUT2D eigenvalue weighted by Crippen LogP contribution is 2.45. The quantitative estimate of drug-likeness (QED) is 0.405. The summed E-state index contributed by atoms with van der Waals surface area (Å²) in [5.74, 6) is 1.01. The van der Waals surface area contributed by atoms with E-state index in [0.717, 1.165) is 34.0 Å². The van der Waals surface area contributed by atoms with Crippen LogP contribution in [0, 0.1) is 0 Å². The molecule has 0 radical (unpaired) electrons. The second-order valence-electron chi connectivity index (χ2n) is 6.18. The molecule has 0 saturated carbocycles. The van der Waals surface area contributed by atoms with Crippen LogP contribution < -0.4 is 5.73 Å². The predicted molar refractivity (Wildman–Crippen MR) is 108 cm³/mol. The number of carbonyl (C=O) groups excluding carboxylic acids is 1. The number of aliphatic imine (C=N–C) groups is 1. The summed E-state index contributed by atoms with van der Waals surface area (Å²) in [7, 11) is 0. The number of amidine groups is 1. The first-order valence-corrected chi connectivity index (χ1v) is 10.0. The van der Waals surface area contributed by atoms with E-state index in [4.69, 9.17) is 10.7 Å². The van der Waals surface area contributed by atoms with Crippen LogP contribution in [0.1, 0.15) is 35.0 Å². The van der Waals surface area contributed by atoms with E-state index in [9.17, 15) is 4.79 Å². The zero-order valence-electron chi connectivity index (χ0n) is 14.0. The topological polar surface area (TPSA) is 58.7 Å². The lowest BCUT2D eigenvalue weighted by Gasteiger charge is -2.16. The van der Waals surface area contributed by atoms with Gasteiger partial charge in [-0.05, 0) is 19.8 Å². The molecule has 1 saturated heterocycles. The monoisotopic (exact) mass is 369 g/mol. The summed E-state index contributed by atoms with van der Waals surface area (Å²) in [4.78, 5) is 20.5. The molecule has 0 unspecified atom stereocenters. The summed E-state index contributed by atoms with van der Waals surface area (Å²) in [6.45, 7) is 4.19. The van der Waals surface area contributed by atoms with Crippen molar-refractivity contribution >= 4 is 55.1 Å². The van der Waals surface area contributed by atoms with Crippen LogP contribution in [0.15, 0.2) is 40.7 Å². The molecule has 1 aliphatic heterocycles. The largest absolute Gasteiger partial charge is 0.397 e. The molecule has 1 aliphatic rings. The van der Waals surface area contributed by atoms with Crippen molar-refractivity contribution in [2.24, 2.45) is 4.99 Å². The Hall–Kier alpha value is -2.18. The Balaban J connectivity index is 1.73. The van der Waals surface area contributed by atoms with E-state index in [1.54, 1.807) is 11.3 Å².